The first-order valence-corrected chi connectivity index (χ1v) is 7.60. The fourth-order valence-corrected chi connectivity index (χ4v) is 2.96. The zero-order chi connectivity index (χ0) is 17.2. The minimum atomic E-state index is -4.43. The zero-order valence-corrected chi connectivity index (χ0v) is 14.5. The maximum absolute atomic E-state index is 13.0. The first kappa shape index (κ1) is 17.6. The molecule has 3 nitrogen and oxygen atoms in total. The van der Waals surface area contributed by atoms with E-state index in [-0.39, 0.29) is 10.2 Å². The fraction of sp³-hybridized carbons (Fsp3) is 0.312. The molecule has 124 valence electrons. The maximum Gasteiger partial charge on any atom is 0.419 e. The molecule has 2 rings (SSSR count). The smallest absolute Gasteiger partial charge is 0.419 e. The molecule has 0 fully saturated rings. The summed E-state index contributed by atoms with van der Waals surface area (Å²) in [4.78, 5) is 5.82. The average Bonchev–Trinajstić information content (AvgIpc) is 2.45. The van der Waals surface area contributed by atoms with Gasteiger partial charge in [-0.15, -0.1) is 0 Å². The highest BCUT2D eigenvalue weighted by Crippen LogP contribution is 2.37. The molecule has 0 radical (unpaired) electrons. The summed E-state index contributed by atoms with van der Waals surface area (Å²) in [6.45, 7) is 1.95. The largest absolute Gasteiger partial charge is 0.497 e. The van der Waals surface area contributed by atoms with E-state index >= 15 is 0 Å². The van der Waals surface area contributed by atoms with Crippen LogP contribution in [0.25, 0.3) is 0 Å². The topological polar surface area (TPSA) is 25.4 Å². The van der Waals surface area contributed by atoms with Gasteiger partial charge in [-0.2, -0.15) is 13.2 Å². The average molecular weight is 389 g/mol. The van der Waals surface area contributed by atoms with E-state index in [9.17, 15) is 13.2 Å². The summed E-state index contributed by atoms with van der Waals surface area (Å²) in [5, 5.41) is 0. The number of aromatic nitrogens is 1. The first-order chi connectivity index (χ1) is 10.7. The number of alkyl halides is 3. The van der Waals surface area contributed by atoms with Gasteiger partial charge in [-0.25, -0.2) is 4.98 Å². The summed E-state index contributed by atoms with van der Waals surface area (Å²) >= 11 is 2.93. The molecule has 0 aliphatic heterocycles. The highest BCUT2D eigenvalue weighted by molar-refractivity contribution is 9.10. The van der Waals surface area contributed by atoms with Crippen molar-refractivity contribution in [3.05, 3.63) is 51.6 Å². The van der Waals surface area contributed by atoms with Crippen molar-refractivity contribution in [2.75, 3.05) is 19.1 Å². The summed E-state index contributed by atoms with van der Waals surface area (Å²) in [5.41, 5.74) is 0.402. The quantitative estimate of drug-likeness (QED) is 0.702. The molecule has 2 aromatic rings. The molecule has 0 aliphatic carbocycles. The number of nitrogens with zero attached hydrogens (tertiary/aromatic N) is 2. The first-order valence-electron chi connectivity index (χ1n) is 6.80. The molecular formula is C16H16BrF3N2O. The summed E-state index contributed by atoms with van der Waals surface area (Å²) in [5.74, 6) is 1.22. The van der Waals surface area contributed by atoms with E-state index in [0.29, 0.717) is 12.4 Å². The number of pyridine rings is 1. The monoisotopic (exact) mass is 388 g/mol. The Hall–Kier alpha value is -1.76. The van der Waals surface area contributed by atoms with Crippen LogP contribution >= 0.6 is 15.9 Å². The van der Waals surface area contributed by atoms with Gasteiger partial charge in [-0.05, 0) is 52.2 Å². The van der Waals surface area contributed by atoms with Gasteiger partial charge in [-0.3, -0.25) is 0 Å². The zero-order valence-electron chi connectivity index (χ0n) is 12.9. The second kappa shape index (κ2) is 6.78. The molecule has 0 bridgehead atoms. The van der Waals surface area contributed by atoms with Gasteiger partial charge in [0, 0.05) is 13.6 Å². The normalized spacial score (nSPS) is 11.4. The van der Waals surface area contributed by atoms with Gasteiger partial charge in [0.05, 0.1) is 12.7 Å². The lowest BCUT2D eigenvalue weighted by Crippen LogP contribution is -2.19. The van der Waals surface area contributed by atoms with Gasteiger partial charge in [0.2, 0.25) is 0 Å². The van der Waals surface area contributed by atoms with E-state index in [0.717, 1.165) is 11.3 Å². The number of benzene rings is 1. The third kappa shape index (κ3) is 4.16. The van der Waals surface area contributed by atoms with Crippen LogP contribution in [0.2, 0.25) is 0 Å². The van der Waals surface area contributed by atoms with E-state index in [4.69, 9.17) is 4.74 Å². The summed E-state index contributed by atoms with van der Waals surface area (Å²) in [7, 11) is 3.37. The van der Waals surface area contributed by atoms with E-state index in [1.54, 1.807) is 19.1 Å². The number of hydrogen-bond acceptors (Lipinski definition) is 3. The van der Waals surface area contributed by atoms with Crippen molar-refractivity contribution < 1.29 is 17.9 Å². The van der Waals surface area contributed by atoms with Crippen LogP contribution in [-0.4, -0.2) is 19.1 Å². The van der Waals surface area contributed by atoms with E-state index in [2.05, 4.69) is 20.9 Å². The number of methoxy groups -OCH3 is 1. The van der Waals surface area contributed by atoms with E-state index < -0.39 is 11.7 Å². The molecule has 0 saturated carbocycles. The summed E-state index contributed by atoms with van der Waals surface area (Å²) in [6, 6.07) is 8.93. The third-order valence-corrected chi connectivity index (χ3v) is 3.99. The van der Waals surface area contributed by atoms with Gasteiger partial charge in [0.1, 0.15) is 16.2 Å². The van der Waals surface area contributed by atoms with Crippen molar-refractivity contribution in [2.24, 2.45) is 0 Å². The maximum atomic E-state index is 13.0. The predicted molar refractivity (Wildman–Crippen MR) is 86.8 cm³/mol. The van der Waals surface area contributed by atoms with Crippen LogP contribution in [0.4, 0.5) is 19.0 Å². The van der Waals surface area contributed by atoms with Gasteiger partial charge in [-0.1, -0.05) is 12.1 Å². The molecule has 0 amide bonds. The van der Waals surface area contributed by atoms with Gasteiger partial charge in [0.25, 0.3) is 0 Å². The molecular weight excluding hydrogens is 373 g/mol. The fourth-order valence-electron chi connectivity index (χ4n) is 2.24. The second-order valence-corrected chi connectivity index (χ2v) is 5.92. The van der Waals surface area contributed by atoms with Crippen molar-refractivity contribution in [2.45, 2.75) is 19.6 Å². The van der Waals surface area contributed by atoms with Crippen molar-refractivity contribution in [1.29, 1.82) is 0 Å². The van der Waals surface area contributed by atoms with Crippen molar-refractivity contribution >= 4 is 21.7 Å². The molecule has 1 aromatic heterocycles. The van der Waals surface area contributed by atoms with Crippen LogP contribution in [0.1, 0.15) is 16.7 Å². The highest BCUT2D eigenvalue weighted by Gasteiger charge is 2.36. The van der Waals surface area contributed by atoms with Gasteiger partial charge in [0.15, 0.2) is 0 Å². The van der Waals surface area contributed by atoms with E-state index in [1.807, 2.05) is 24.3 Å². The van der Waals surface area contributed by atoms with Gasteiger partial charge < -0.3 is 9.64 Å². The Labute approximate surface area is 141 Å². The minimum absolute atomic E-state index is 0.135. The van der Waals surface area contributed by atoms with Crippen LogP contribution in [0.3, 0.4) is 0 Å². The predicted octanol–water partition coefficient (Wildman–Crippen LogP) is 4.82. The van der Waals surface area contributed by atoms with Crippen LogP contribution in [-0.2, 0) is 12.7 Å². The highest BCUT2D eigenvalue weighted by atomic mass is 79.9. The lowest BCUT2D eigenvalue weighted by molar-refractivity contribution is -0.138. The molecule has 1 aromatic carbocycles. The van der Waals surface area contributed by atoms with Crippen molar-refractivity contribution in [1.82, 2.24) is 4.98 Å². The molecule has 0 aliphatic rings. The van der Waals surface area contributed by atoms with Crippen molar-refractivity contribution in [3.8, 4) is 5.75 Å². The van der Waals surface area contributed by atoms with Crippen LogP contribution in [0, 0.1) is 6.92 Å². The molecule has 0 atom stereocenters. The summed E-state index contributed by atoms with van der Waals surface area (Å²) < 4.78 is 43.8. The Morgan fingerprint density at radius 2 is 1.83 bits per heavy atom. The molecule has 0 saturated heterocycles. The summed E-state index contributed by atoms with van der Waals surface area (Å²) in [6.07, 6.45) is -4.43. The Kier molecular flexibility index (Phi) is 5.19. The number of ether oxygens (including phenoxy) is 1. The Morgan fingerprint density at radius 3 is 2.30 bits per heavy atom. The van der Waals surface area contributed by atoms with Crippen LogP contribution < -0.4 is 9.64 Å². The Balaban J connectivity index is 2.24. The van der Waals surface area contributed by atoms with Crippen LogP contribution in [0.15, 0.2) is 34.9 Å². The number of aryl methyl sites for hydroxylation is 1. The lowest BCUT2D eigenvalue weighted by atomic mass is 10.1. The molecule has 0 unspecified atom stereocenters. The minimum Gasteiger partial charge on any atom is -0.497 e. The molecule has 0 N–H and O–H groups in total. The SMILES string of the molecule is COc1ccc(CN(C)c2cc(C)c(C(F)(F)F)c(Br)n2)cc1. The molecule has 23 heavy (non-hydrogen) atoms. The second-order valence-electron chi connectivity index (χ2n) is 5.17. The number of halogens is 4. The molecule has 0 spiro atoms. The Morgan fingerprint density at radius 1 is 1.22 bits per heavy atom. The van der Waals surface area contributed by atoms with Crippen LogP contribution in [0.5, 0.6) is 5.75 Å². The number of rotatable bonds is 4. The van der Waals surface area contributed by atoms with E-state index in [1.165, 1.54) is 13.0 Å². The molecule has 7 heteroatoms. The molecule has 1 heterocycles. The van der Waals surface area contributed by atoms with Crippen molar-refractivity contribution in [3.63, 3.8) is 0 Å². The number of anilines is 1. The Bertz CT molecular complexity index is 664. The standard InChI is InChI=1S/C16H16BrF3N2O/c1-10-8-13(21-15(17)14(10)16(18,19)20)22(2)9-11-4-6-12(23-3)7-5-11/h4-8H,9H2,1-3H3. The lowest BCUT2D eigenvalue weighted by Gasteiger charge is -2.21. The van der Waals surface area contributed by atoms with Gasteiger partial charge >= 0.3 is 6.18 Å². The third-order valence-electron chi connectivity index (χ3n) is 3.41. The number of hydrogen-bond donors (Lipinski definition) is 0.